The van der Waals surface area contributed by atoms with E-state index >= 15 is 0 Å². The SMILES string of the molecule is CCCC(c1ccc(C(=O)OC(C)(C)C)cc1)C(NC(=O)c1ccncc1)c1ccc(OC(F)(F)F)cc1. The number of alkyl halides is 3. The molecular weight excluding hydrogens is 497 g/mol. The summed E-state index contributed by atoms with van der Waals surface area (Å²) in [4.78, 5) is 29.5. The van der Waals surface area contributed by atoms with Gasteiger partial charge in [-0.3, -0.25) is 9.78 Å². The predicted molar refractivity (Wildman–Crippen MR) is 137 cm³/mol. The molecule has 0 radical (unpaired) electrons. The number of hydrogen-bond acceptors (Lipinski definition) is 5. The van der Waals surface area contributed by atoms with Crippen LogP contribution >= 0.6 is 0 Å². The lowest BCUT2D eigenvalue weighted by Crippen LogP contribution is -2.33. The number of halogens is 3. The van der Waals surface area contributed by atoms with Gasteiger partial charge in [0.05, 0.1) is 11.6 Å². The molecule has 2 aromatic carbocycles. The molecule has 3 aromatic rings. The van der Waals surface area contributed by atoms with Crippen molar-refractivity contribution in [1.29, 1.82) is 0 Å². The van der Waals surface area contributed by atoms with E-state index in [1.165, 1.54) is 36.7 Å². The van der Waals surface area contributed by atoms with Crippen LogP contribution in [0.3, 0.4) is 0 Å². The molecule has 2 unspecified atom stereocenters. The van der Waals surface area contributed by atoms with Crippen molar-refractivity contribution in [2.24, 2.45) is 0 Å². The second-order valence-corrected chi connectivity index (χ2v) is 9.82. The number of hydrogen-bond donors (Lipinski definition) is 1. The van der Waals surface area contributed by atoms with E-state index in [2.05, 4.69) is 15.0 Å². The molecule has 1 aromatic heterocycles. The molecule has 9 heteroatoms. The van der Waals surface area contributed by atoms with Crippen LogP contribution in [0.5, 0.6) is 5.75 Å². The summed E-state index contributed by atoms with van der Waals surface area (Å²) in [6, 6.07) is 15.0. The molecule has 1 heterocycles. The normalized spacial score (nSPS) is 13.3. The Kier molecular flexibility index (Phi) is 9.14. The number of pyridine rings is 1. The third kappa shape index (κ3) is 8.33. The average Bonchev–Trinajstić information content (AvgIpc) is 2.85. The number of rotatable bonds is 9. The summed E-state index contributed by atoms with van der Waals surface area (Å²) in [6.07, 6.45) is -0.363. The number of amides is 1. The molecule has 0 fully saturated rings. The molecule has 3 rings (SSSR count). The van der Waals surface area contributed by atoms with E-state index in [0.717, 1.165) is 12.0 Å². The molecule has 2 atom stereocenters. The molecule has 6 nitrogen and oxygen atoms in total. The van der Waals surface area contributed by atoms with Crippen molar-refractivity contribution >= 4 is 11.9 Å². The maximum Gasteiger partial charge on any atom is 0.573 e. The number of nitrogens with zero attached hydrogens (tertiary/aromatic N) is 1. The topological polar surface area (TPSA) is 77.5 Å². The van der Waals surface area contributed by atoms with Crippen molar-refractivity contribution in [2.45, 2.75) is 64.5 Å². The largest absolute Gasteiger partial charge is 0.573 e. The molecule has 1 N–H and O–H groups in total. The molecule has 0 aliphatic heterocycles. The van der Waals surface area contributed by atoms with Crippen LogP contribution in [0.1, 0.15) is 84.3 Å². The summed E-state index contributed by atoms with van der Waals surface area (Å²) >= 11 is 0. The molecule has 0 saturated carbocycles. The van der Waals surface area contributed by atoms with Crippen LogP contribution in [0.2, 0.25) is 0 Å². The van der Waals surface area contributed by atoms with Gasteiger partial charge < -0.3 is 14.8 Å². The maximum atomic E-state index is 13.1. The van der Waals surface area contributed by atoms with Crippen molar-refractivity contribution in [2.75, 3.05) is 0 Å². The third-order valence-corrected chi connectivity index (χ3v) is 5.68. The smallest absolute Gasteiger partial charge is 0.456 e. The number of carbonyl (C=O) groups is 2. The Labute approximate surface area is 220 Å². The summed E-state index contributed by atoms with van der Waals surface area (Å²) in [6.45, 7) is 7.37. The Morgan fingerprint density at radius 2 is 1.45 bits per heavy atom. The van der Waals surface area contributed by atoms with Crippen LogP contribution in [0, 0.1) is 0 Å². The Bertz CT molecular complexity index is 1210. The minimum Gasteiger partial charge on any atom is -0.456 e. The van der Waals surface area contributed by atoms with Crippen molar-refractivity contribution < 1.29 is 32.2 Å². The van der Waals surface area contributed by atoms with Gasteiger partial charge in [0.2, 0.25) is 0 Å². The van der Waals surface area contributed by atoms with E-state index in [1.54, 1.807) is 45.0 Å². The van der Waals surface area contributed by atoms with Crippen LogP contribution in [0.4, 0.5) is 13.2 Å². The Morgan fingerprint density at radius 3 is 1.97 bits per heavy atom. The summed E-state index contributed by atoms with van der Waals surface area (Å²) < 4.78 is 47.5. The van der Waals surface area contributed by atoms with E-state index in [4.69, 9.17) is 4.74 Å². The lowest BCUT2D eigenvalue weighted by molar-refractivity contribution is -0.274. The third-order valence-electron chi connectivity index (χ3n) is 5.68. The zero-order chi connectivity index (χ0) is 27.9. The van der Waals surface area contributed by atoms with Crippen molar-refractivity contribution in [1.82, 2.24) is 10.3 Å². The van der Waals surface area contributed by atoms with Crippen LogP contribution in [-0.2, 0) is 4.74 Å². The highest BCUT2D eigenvalue weighted by atomic mass is 19.4. The molecule has 1 amide bonds. The van der Waals surface area contributed by atoms with Crippen LogP contribution < -0.4 is 10.1 Å². The summed E-state index contributed by atoms with van der Waals surface area (Å²) in [5.74, 6) is -1.39. The standard InChI is InChI=1S/C29H31F3N2O4/c1-5-6-24(19-7-9-22(10-8-19)27(36)38-28(2,3)4)25(34-26(35)21-15-17-33-18-16-21)20-11-13-23(14-12-20)37-29(30,31)32/h7-18,24-25H,5-6H2,1-4H3,(H,34,35). The molecule has 0 saturated heterocycles. The number of nitrogens with one attached hydrogen (secondary N) is 1. The second kappa shape index (κ2) is 12.1. The number of carbonyl (C=O) groups excluding carboxylic acids is 2. The van der Waals surface area contributed by atoms with Gasteiger partial charge in [-0.1, -0.05) is 37.6 Å². The van der Waals surface area contributed by atoms with Gasteiger partial charge in [-0.05, 0) is 74.7 Å². The lowest BCUT2D eigenvalue weighted by atomic mass is 9.83. The quantitative estimate of drug-likeness (QED) is 0.303. The molecule has 0 aliphatic rings. The van der Waals surface area contributed by atoms with Crippen molar-refractivity contribution in [3.63, 3.8) is 0 Å². The van der Waals surface area contributed by atoms with Crippen LogP contribution in [0.15, 0.2) is 73.1 Å². The zero-order valence-corrected chi connectivity index (χ0v) is 21.7. The molecule has 38 heavy (non-hydrogen) atoms. The summed E-state index contributed by atoms with van der Waals surface area (Å²) in [5.41, 5.74) is 1.62. The van der Waals surface area contributed by atoms with Gasteiger partial charge >= 0.3 is 12.3 Å². The predicted octanol–water partition coefficient (Wildman–Crippen LogP) is 6.99. The number of benzene rings is 2. The molecular formula is C29H31F3N2O4. The number of ether oxygens (including phenoxy) is 2. The average molecular weight is 529 g/mol. The molecule has 0 aliphatic carbocycles. The van der Waals surface area contributed by atoms with Crippen LogP contribution in [0.25, 0.3) is 0 Å². The summed E-state index contributed by atoms with van der Waals surface area (Å²) in [7, 11) is 0. The zero-order valence-electron chi connectivity index (χ0n) is 21.7. The monoisotopic (exact) mass is 528 g/mol. The first-order chi connectivity index (χ1) is 17.9. The van der Waals surface area contributed by atoms with Gasteiger partial charge in [0, 0.05) is 23.9 Å². The first-order valence-corrected chi connectivity index (χ1v) is 12.3. The van der Waals surface area contributed by atoms with Gasteiger partial charge in [0.1, 0.15) is 11.4 Å². The van der Waals surface area contributed by atoms with Gasteiger partial charge in [-0.15, -0.1) is 13.2 Å². The van der Waals surface area contributed by atoms with Gasteiger partial charge in [-0.2, -0.15) is 0 Å². The van der Waals surface area contributed by atoms with Gasteiger partial charge in [0.15, 0.2) is 0 Å². The second-order valence-electron chi connectivity index (χ2n) is 9.82. The van der Waals surface area contributed by atoms with E-state index in [0.29, 0.717) is 23.1 Å². The minimum absolute atomic E-state index is 0.243. The maximum absolute atomic E-state index is 13.1. The fraction of sp³-hybridized carbons (Fsp3) is 0.345. The highest BCUT2D eigenvalue weighted by molar-refractivity contribution is 5.94. The van der Waals surface area contributed by atoms with Crippen LogP contribution in [-0.4, -0.2) is 28.8 Å². The van der Waals surface area contributed by atoms with Crippen molar-refractivity contribution in [3.05, 3.63) is 95.3 Å². The lowest BCUT2D eigenvalue weighted by Gasteiger charge is -2.29. The van der Waals surface area contributed by atoms with E-state index in [9.17, 15) is 22.8 Å². The highest BCUT2D eigenvalue weighted by Crippen LogP contribution is 2.36. The van der Waals surface area contributed by atoms with Crippen molar-refractivity contribution in [3.8, 4) is 5.75 Å². The van der Waals surface area contributed by atoms with E-state index in [1.807, 2.05) is 19.1 Å². The first kappa shape index (κ1) is 28.7. The van der Waals surface area contributed by atoms with E-state index < -0.39 is 24.0 Å². The highest BCUT2D eigenvalue weighted by Gasteiger charge is 2.32. The summed E-state index contributed by atoms with van der Waals surface area (Å²) in [5, 5.41) is 3.05. The Morgan fingerprint density at radius 1 is 0.868 bits per heavy atom. The fourth-order valence-corrected chi connectivity index (χ4v) is 4.06. The Hall–Kier alpha value is -3.88. The van der Waals surface area contributed by atoms with Gasteiger partial charge in [-0.25, -0.2) is 4.79 Å². The Balaban J connectivity index is 1.96. The number of esters is 1. The van der Waals surface area contributed by atoms with Gasteiger partial charge in [0.25, 0.3) is 5.91 Å². The molecule has 0 bridgehead atoms. The van der Waals surface area contributed by atoms with E-state index in [-0.39, 0.29) is 17.6 Å². The number of aromatic nitrogens is 1. The molecule has 0 spiro atoms. The minimum atomic E-state index is -4.81. The molecule has 202 valence electrons. The first-order valence-electron chi connectivity index (χ1n) is 12.3. The fourth-order valence-electron chi connectivity index (χ4n) is 4.06.